The predicted molar refractivity (Wildman–Crippen MR) is 87.5 cm³/mol. The van der Waals surface area contributed by atoms with Gasteiger partial charge in [-0.1, -0.05) is 29.4 Å². The van der Waals surface area contributed by atoms with Crippen LogP contribution in [0.15, 0.2) is 35.7 Å². The van der Waals surface area contributed by atoms with Crippen molar-refractivity contribution in [2.24, 2.45) is 0 Å². The van der Waals surface area contributed by atoms with Gasteiger partial charge in [-0.25, -0.2) is 0 Å². The molecule has 1 aromatic heterocycles. The molecule has 0 saturated carbocycles. The second-order valence-corrected chi connectivity index (χ2v) is 6.57. The number of carbonyl (C=O) groups is 1. The lowest BCUT2D eigenvalue weighted by atomic mass is 10.1. The molecule has 2 aromatic rings. The first-order valence-electron chi connectivity index (χ1n) is 7.30. The van der Waals surface area contributed by atoms with E-state index in [0.29, 0.717) is 15.9 Å². The minimum Gasteiger partial charge on any atom is -0.342 e. The van der Waals surface area contributed by atoms with Gasteiger partial charge in [0, 0.05) is 18.1 Å². The van der Waals surface area contributed by atoms with Gasteiger partial charge in [0.05, 0.1) is 11.4 Å². The Balaban J connectivity index is 1.66. The second kappa shape index (κ2) is 7.15. The topological polar surface area (TPSA) is 51.0 Å². The molecule has 0 aliphatic carbocycles. The highest BCUT2D eigenvalue weighted by Crippen LogP contribution is 2.22. The van der Waals surface area contributed by atoms with E-state index in [1.54, 1.807) is 6.33 Å². The maximum absolute atomic E-state index is 12.2. The molecule has 0 unspecified atom stereocenters. The average Bonchev–Trinajstić information content (AvgIpc) is 3.02. The number of thioether (sulfide) groups is 1. The standard InChI is InChI=1S/C15H17ClN4OS/c16-12-5-4-6-13(9-12)20-11-17-18-15(20)22-10-14(21)19-7-2-1-3-8-19/h4-6,9,11H,1-3,7-8,10H2. The molecule has 1 aliphatic heterocycles. The van der Waals surface area contributed by atoms with Crippen molar-refractivity contribution in [2.75, 3.05) is 18.8 Å². The van der Waals surface area contributed by atoms with Gasteiger partial charge in [0.25, 0.3) is 0 Å². The lowest BCUT2D eigenvalue weighted by molar-refractivity contribution is -0.129. The van der Waals surface area contributed by atoms with Gasteiger partial charge in [0.2, 0.25) is 5.91 Å². The number of halogens is 1. The molecule has 0 N–H and O–H groups in total. The molecule has 116 valence electrons. The molecule has 0 bridgehead atoms. The first kappa shape index (κ1) is 15.4. The van der Waals surface area contributed by atoms with Gasteiger partial charge in [0.15, 0.2) is 5.16 Å². The number of nitrogens with zero attached hydrogens (tertiary/aromatic N) is 4. The van der Waals surface area contributed by atoms with E-state index in [0.717, 1.165) is 31.6 Å². The number of benzene rings is 1. The van der Waals surface area contributed by atoms with Gasteiger partial charge in [-0.05, 0) is 37.5 Å². The van der Waals surface area contributed by atoms with Crippen LogP contribution in [0.3, 0.4) is 0 Å². The third-order valence-corrected chi connectivity index (χ3v) is 4.80. The van der Waals surface area contributed by atoms with Crippen molar-refractivity contribution in [1.29, 1.82) is 0 Å². The second-order valence-electron chi connectivity index (χ2n) is 5.19. The summed E-state index contributed by atoms with van der Waals surface area (Å²) in [5.74, 6) is 0.560. The number of carbonyl (C=O) groups excluding carboxylic acids is 1. The number of likely N-dealkylation sites (tertiary alicyclic amines) is 1. The Kier molecular flexibility index (Phi) is 5.00. The fourth-order valence-electron chi connectivity index (χ4n) is 2.49. The SMILES string of the molecule is O=C(CSc1nncn1-c1cccc(Cl)c1)N1CCCCC1. The molecule has 0 radical (unpaired) electrons. The Morgan fingerprint density at radius 3 is 2.86 bits per heavy atom. The monoisotopic (exact) mass is 336 g/mol. The number of hydrogen-bond acceptors (Lipinski definition) is 4. The highest BCUT2D eigenvalue weighted by molar-refractivity contribution is 7.99. The summed E-state index contributed by atoms with van der Waals surface area (Å²) in [6, 6.07) is 7.49. The van der Waals surface area contributed by atoms with Crippen LogP contribution in [-0.2, 0) is 4.79 Å². The molecule has 0 atom stereocenters. The van der Waals surface area contributed by atoms with E-state index < -0.39 is 0 Å². The normalized spacial score (nSPS) is 15.0. The molecule has 22 heavy (non-hydrogen) atoms. The van der Waals surface area contributed by atoms with Crippen LogP contribution in [0, 0.1) is 0 Å². The van der Waals surface area contributed by atoms with Gasteiger partial charge >= 0.3 is 0 Å². The summed E-state index contributed by atoms with van der Waals surface area (Å²) in [5, 5.41) is 9.40. The molecule has 1 aromatic carbocycles. The van der Waals surface area contributed by atoms with Gasteiger partial charge < -0.3 is 4.90 Å². The largest absolute Gasteiger partial charge is 0.342 e. The minimum atomic E-state index is 0.172. The zero-order valence-corrected chi connectivity index (χ0v) is 13.7. The van der Waals surface area contributed by atoms with Gasteiger partial charge in [-0.15, -0.1) is 10.2 Å². The van der Waals surface area contributed by atoms with Crippen molar-refractivity contribution >= 4 is 29.3 Å². The first-order chi connectivity index (χ1) is 10.7. The van der Waals surface area contributed by atoms with E-state index in [1.807, 2.05) is 33.7 Å². The molecular formula is C15H17ClN4OS. The van der Waals surface area contributed by atoms with Gasteiger partial charge in [-0.2, -0.15) is 0 Å². The van der Waals surface area contributed by atoms with Crippen molar-refractivity contribution in [2.45, 2.75) is 24.4 Å². The first-order valence-corrected chi connectivity index (χ1v) is 8.67. The van der Waals surface area contributed by atoms with Crippen LogP contribution < -0.4 is 0 Å². The number of hydrogen-bond donors (Lipinski definition) is 0. The van der Waals surface area contributed by atoms with Crippen LogP contribution >= 0.6 is 23.4 Å². The van der Waals surface area contributed by atoms with Crippen LogP contribution in [0.1, 0.15) is 19.3 Å². The Morgan fingerprint density at radius 2 is 2.09 bits per heavy atom. The summed E-state index contributed by atoms with van der Waals surface area (Å²) in [7, 11) is 0. The van der Waals surface area contributed by atoms with Crippen molar-refractivity contribution < 1.29 is 4.79 Å². The molecule has 7 heteroatoms. The summed E-state index contributed by atoms with van der Waals surface area (Å²) in [4.78, 5) is 14.2. The lowest BCUT2D eigenvalue weighted by Crippen LogP contribution is -2.36. The van der Waals surface area contributed by atoms with E-state index in [9.17, 15) is 4.79 Å². The molecule has 0 spiro atoms. The van der Waals surface area contributed by atoms with Gasteiger partial charge in [0.1, 0.15) is 6.33 Å². The van der Waals surface area contributed by atoms with Crippen molar-refractivity contribution in [3.63, 3.8) is 0 Å². The zero-order valence-electron chi connectivity index (χ0n) is 12.1. The van der Waals surface area contributed by atoms with Crippen molar-refractivity contribution in [1.82, 2.24) is 19.7 Å². The van der Waals surface area contributed by atoms with Gasteiger partial charge in [-0.3, -0.25) is 9.36 Å². The highest BCUT2D eigenvalue weighted by atomic mass is 35.5. The summed E-state index contributed by atoms with van der Waals surface area (Å²) < 4.78 is 1.85. The lowest BCUT2D eigenvalue weighted by Gasteiger charge is -2.26. The van der Waals surface area contributed by atoms with Crippen LogP contribution in [0.4, 0.5) is 0 Å². The zero-order chi connectivity index (χ0) is 15.4. The van der Waals surface area contributed by atoms with E-state index in [-0.39, 0.29) is 5.91 Å². The average molecular weight is 337 g/mol. The summed E-state index contributed by atoms with van der Waals surface area (Å²) in [6.45, 7) is 1.75. The number of rotatable bonds is 4. The summed E-state index contributed by atoms with van der Waals surface area (Å²) in [6.07, 6.45) is 5.07. The number of amides is 1. The van der Waals surface area contributed by atoms with Crippen LogP contribution in [-0.4, -0.2) is 44.4 Å². The number of piperidine rings is 1. The Morgan fingerprint density at radius 1 is 1.27 bits per heavy atom. The van der Waals surface area contributed by atoms with E-state index in [2.05, 4.69) is 10.2 Å². The molecule has 1 aliphatic rings. The number of aromatic nitrogens is 3. The minimum absolute atomic E-state index is 0.172. The molecule has 1 fully saturated rings. The van der Waals surface area contributed by atoms with E-state index in [4.69, 9.17) is 11.6 Å². The smallest absolute Gasteiger partial charge is 0.233 e. The van der Waals surface area contributed by atoms with E-state index >= 15 is 0 Å². The summed E-state index contributed by atoms with van der Waals surface area (Å²) in [5.41, 5.74) is 0.894. The van der Waals surface area contributed by atoms with Crippen molar-refractivity contribution in [3.8, 4) is 5.69 Å². The maximum Gasteiger partial charge on any atom is 0.233 e. The molecule has 5 nitrogen and oxygen atoms in total. The molecule has 1 amide bonds. The third-order valence-electron chi connectivity index (χ3n) is 3.64. The van der Waals surface area contributed by atoms with Crippen LogP contribution in [0.2, 0.25) is 5.02 Å². The Bertz CT molecular complexity index is 654. The highest BCUT2D eigenvalue weighted by Gasteiger charge is 2.18. The quantitative estimate of drug-likeness (QED) is 0.805. The molecular weight excluding hydrogens is 320 g/mol. The van der Waals surface area contributed by atoms with E-state index in [1.165, 1.54) is 18.2 Å². The maximum atomic E-state index is 12.2. The predicted octanol–water partition coefficient (Wildman–Crippen LogP) is 3.03. The van der Waals surface area contributed by atoms with Crippen molar-refractivity contribution in [3.05, 3.63) is 35.6 Å². The third kappa shape index (κ3) is 3.62. The molecule has 2 heterocycles. The molecule has 3 rings (SSSR count). The van der Waals surface area contributed by atoms with Crippen LogP contribution in [0.25, 0.3) is 5.69 Å². The van der Waals surface area contributed by atoms with Crippen LogP contribution in [0.5, 0.6) is 0 Å². The fraction of sp³-hybridized carbons (Fsp3) is 0.400. The Hall–Kier alpha value is -1.53. The Labute approximate surface area is 138 Å². The summed E-state index contributed by atoms with van der Waals surface area (Å²) >= 11 is 7.43. The molecule has 1 saturated heterocycles. The fourth-order valence-corrected chi connectivity index (χ4v) is 3.50.